The molecule has 1 aromatic carbocycles. The first-order valence-electron chi connectivity index (χ1n) is 7.23. The topological polar surface area (TPSA) is 24.5 Å². The zero-order valence-electron chi connectivity index (χ0n) is 12.4. The van der Waals surface area contributed by atoms with Crippen LogP contribution in [-0.2, 0) is 11.4 Å². The first-order chi connectivity index (χ1) is 9.03. The number of rotatable bonds is 4. The van der Waals surface area contributed by atoms with Crippen molar-refractivity contribution >= 4 is 0 Å². The quantitative estimate of drug-likeness (QED) is 0.844. The highest BCUT2D eigenvalue weighted by molar-refractivity contribution is 5.14. The highest BCUT2D eigenvalue weighted by Crippen LogP contribution is 2.15. The Morgan fingerprint density at radius 1 is 1.16 bits per heavy atom. The van der Waals surface area contributed by atoms with Crippen molar-refractivity contribution in [1.82, 2.24) is 10.4 Å². The van der Waals surface area contributed by atoms with E-state index in [9.17, 15) is 0 Å². The fourth-order valence-electron chi connectivity index (χ4n) is 2.31. The molecule has 0 unspecified atom stereocenters. The fraction of sp³-hybridized carbons (Fsp3) is 0.625. The number of likely N-dealkylation sites (tertiary alicyclic amines) is 1. The summed E-state index contributed by atoms with van der Waals surface area (Å²) in [5.41, 5.74) is 4.51. The Balaban J connectivity index is 1.71. The highest BCUT2D eigenvalue weighted by Gasteiger charge is 2.21. The zero-order valence-corrected chi connectivity index (χ0v) is 12.4. The van der Waals surface area contributed by atoms with Crippen LogP contribution in [0.5, 0.6) is 0 Å². The summed E-state index contributed by atoms with van der Waals surface area (Å²) >= 11 is 0. The molecule has 0 bridgehead atoms. The minimum Gasteiger partial charge on any atom is -0.299 e. The van der Waals surface area contributed by atoms with Crippen molar-refractivity contribution in [3.8, 4) is 0 Å². The molecule has 1 heterocycles. The molecular weight excluding hydrogens is 236 g/mol. The van der Waals surface area contributed by atoms with Gasteiger partial charge in [0.25, 0.3) is 0 Å². The largest absolute Gasteiger partial charge is 0.299 e. The van der Waals surface area contributed by atoms with Gasteiger partial charge < -0.3 is 0 Å². The number of nitrogens with one attached hydrogen (secondary N) is 1. The van der Waals surface area contributed by atoms with Crippen molar-refractivity contribution in [3.05, 3.63) is 35.9 Å². The molecule has 1 aromatic rings. The van der Waals surface area contributed by atoms with Gasteiger partial charge in [0, 0.05) is 25.7 Å². The number of hydroxylamine groups is 1. The molecule has 1 N–H and O–H groups in total. The Hall–Kier alpha value is -0.900. The third kappa shape index (κ3) is 5.31. The standard InChI is InChI=1S/C16H26N2O/c1-16(2,3)19-17-15-9-11-18(12-10-15)13-14-7-5-4-6-8-14/h4-8,15,17H,9-13H2,1-3H3. The van der Waals surface area contributed by atoms with Gasteiger partial charge in [0.05, 0.1) is 5.60 Å². The van der Waals surface area contributed by atoms with Crippen molar-refractivity contribution < 1.29 is 4.84 Å². The first kappa shape index (κ1) is 14.5. The molecule has 0 amide bonds. The molecule has 0 radical (unpaired) electrons. The van der Waals surface area contributed by atoms with Crippen molar-refractivity contribution in [1.29, 1.82) is 0 Å². The Kier molecular flexibility index (Phi) is 4.97. The summed E-state index contributed by atoms with van der Waals surface area (Å²) in [6.45, 7) is 9.56. The van der Waals surface area contributed by atoms with Crippen LogP contribution in [0.25, 0.3) is 0 Å². The predicted molar refractivity (Wildman–Crippen MR) is 78.7 cm³/mol. The Morgan fingerprint density at radius 2 is 1.79 bits per heavy atom. The van der Waals surface area contributed by atoms with Gasteiger partial charge in [-0.15, -0.1) is 0 Å². The number of hydrogen-bond acceptors (Lipinski definition) is 3. The summed E-state index contributed by atoms with van der Waals surface area (Å²) < 4.78 is 0. The second-order valence-electron chi connectivity index (χ2n) is 6.37. The molecule has 1 aliphatic rings. The molecule has 3 heteroatoms. The van der Waals surface area contributed by atoms with E-state index in [1.165, 1.54) is 5.56 Å². The van der Waals surface area contributed by atoms with Gasteiger partial charge in [-0.05, 0) is 39.2 Å². The predicted octanol–water partition coefficient (Wildman–Crippen LogP) is 2.97. The molecule has 1 aliphatic heterocycles. The lowest BCUT2D eigenvalue weighted by Crippen LogP contribution is -2.44. The summed E-state index contributed by atoms with van der Waals surface area (Å²) in [5, 5.41) is 0. The molecule has 1 fully saturated rings. The summed E-state index contributed by atoms with van der Waals surface area (Å²) in [5.74, 6) is 0. The van der Waals surface area contributed by atoms with E-state index in [0.29, 0.717) is 6.04 Å². The molecule has 19 heavy (non-hydrogen) atoms. The van der Waals surface area contributed by atoms with Crippen LogP contribution in [0.3, 0.4) is 0 Å². The second-order valence-corrected chi connectivity index (χ2v) is 6.37. The average Bonchev–Trinajstić information content (AvgIpc) is 2.38. The lowest BCUT2D eigenvalue weighted by Gasteiger charge is -2.33. The molecule has 0 aliphatic carbocycles. The van der Waals surface area contributed by atoms with E-state index >= 15 is 0 Å². The van der Waals surface area contributed by atoms with Gasteiger partial charge >= 0.3 is 0 Å². The van der Waals surface area contributed by atoms with Crippen molar-refractivity contribution in [2.24, 2.45) is 0 Å². The molecule has 0 atom stereocenters. The second kappa shape index (κ2) is 6.51. The van der Waals surface area contributed by atoms with Crippen LogP contribution in [0.15, 0.2) is 30.3 Å². The molecule has 1 saturated heterocycles. The molecule has 0 spiro atoms. The van der Waals surface area contributed by atoms with Gasteiger partial charge in [-0.2, -0.15) is 5.48 Å². The Morgan fingerprint density at radius 3 is 2.37 bits per heavy atom. The van der Waals surface area contributed by atoms with Gasteiger partial charge in [0.1, 0.15) is 0 Å². The molecule has 3 nitrogen and oxygen atoms in total. The zero-order chi connectivity index (χ0) is 13.7. The molecule has 106 valence electrons. The fourth-order valence-corrected chi connectivity index (χ4v) is 2.31. The number of nitrogens with zero attached hydrogens (tertiary/aromatic N) is 1. The average molecular weight is 262 g/mol. The van der Waals surface area contributed by atoms with Gasteiger partial charge in [0.2, 0.25) is 0 Å². The third-order valence-corrected chi connectivity index (χ3v) is 3.37. The van der Waals surface area contributed by atoms with E-state index in [1.807, 2.05) is 0 Å². The molecule has 0 aromatic heterocycles. The van der Waals surface area contributed by atoms with Crippen LogP contribution in [0.1, 0.15) is 39.2 Å². The van der Waals surface area contributed by atoms with E-state index in [-0.39, 0.29) is 5.60 Å². The van der Waals surface area contributed by atoms with Crippen LogP contribution in [0, 0.1) is 0 Å². The number of piperidine rings is 1. The van der Waals surface area contributed by atoms with Crippen molar-refractivity contribution in [2.45, 2.75) is 51.8 Å². The molecule has 0 saturated carbocycles. The van der Waals surface area contributed by atoms with Gasteiger partial charge in [-0.3, -0.25) is 9.74 Å². The van der Waals surface area contributed by atoms with Crippen LogP contribution >= 0.6 is 0 Å². The number of hydrogen-bond donors (Lipinski definition) is 1. The first-order valence-corrected chi connectivity index (χ1v) is 7.23. The smallest absolute Gasteiger partial charge is 0.0813 e. The van der Waals surface area contributed by atoms with E-state index < -0.39 is 0 Å². The van der Waals surface area contributed by atoms with E-state index in [1.54, 1.807) is 0 Å². The summed E-state index contributed by atoms with van der Waals surface area (Å²) in [6, 6.07) is 11.2. The summed E-state index contributed by atoms with van der Waals surface area (Å²) in [6.07, 6.45) is 2.31. The highest BCUT2D eigenvalue weighted by atomic mass is 16.7. The number of benzene rings is 1. The Bertz CT molecular complexity index is 364. The van der Waals surface area contributed by atoms with E-state index in [4.69, 9.17) is 4.84 Å². The normalized spacial score (nSPS) is 18.7. The SMILES string of the molecule is CC(C)(C)ONC1CCN(Cc2ccccc2)CC1. The third-order valence-electron chi connectivity index (χ3n) is 3.37. The van der Waals surface area contributed by atoms with Crippen LogP contribution in [0.2, 0.25) is 0 Å². The van der Waals surface area contributed by atoms with Gasteiger partial charge in [-0.1, -0.05) is 30.3 Å². The van der Waals surface area contributed by atoms with Crippen LogP contribution < -0.4 is 5.48 Å². The van der Waals surface area contributed by atoms with E-state index in [2.05, 4.69) is 61.5 Å². The summed E-state index contributed by atoms with van der Waals surface area (Å²) in [7, 11) is 0. The van der Waals surface area contributed by atoms with Crippen LogP contribution in [0.4, 0.5) is 0 Å². The molecule has 2 rings (SSSR count). The minimum absolute atomic E-state index is 0.110. The maximum Gasteiger partial charge on any atom is 0.0813 e. The summed E-state index contributed by atoms with van der Waals surface area (Å²) in [4.78, 5) is 8.17. The molecular formula is C16H26N2O. The maximum atomic E-state index is 5.65. The van der Waals surface area contributed by atoms with Gasteiger partial charge in [-0.25, -0.2) is 0 Å². The monoisotopic (exact) mass is 262 g/mol. The van der Waals surface area contributed by atoms with Gasteiger partial charge in [0.15, 0.2) is 0 Å². The van der Waals surface area contributed by atoms with E-state index in [0.717, 1.165) is 32.5 Å². The maximum absolute atomic E-state index is 5.65. The Labute approximate surface area is 116 Å². The van der Waals surface area contributed by atoms with Crippen molar-refractivity contribution in [2.75, 3.05) is 13.1 Å². The minimum atomic E-state index is -0.110. The van der Waals surface area contributed by atoms with Crippen molar-refractivity contribution in [3.63, 3.8) is 0 Å². The lowest BCUT2D eigenvalue weighted by molar-refractivity contribution is -0.0954. The lowest BCUT2D eigenvalue weighted by atomic mass is 10.1. The van der Waals surface area contributed by atoms with Crippen LogP contribution in [-0.4, -0.2) is 29.6 Å².